The number of carbonyl (C=O) groups excluding carboxylic acids is 3. The summed E-state index contributed by atoms with van der Waals surface area (Å²) < 4.78 is 0. The van der Waals surface area contributed by atoms with Crippen LogP contribution in [0.3, 0.4) is 0 Å². The van der Waals surface area contributed by atoms with Crippen molar-refractivity contribution in [1.82, 2.24) is 10.6 Å². The molecular weight excluding hydrogens is 296 g/mol. The first-order valence-electron chi connectivity index (χ1n) is 7.69. The molecular formula is C16H20N4O3. The van der Waals surface area contributed by atoms with E-state index in [2.05, 4.69) is 16.0 Å². The molecule has 0 radical (unpaired) electrons. The zero-order valence-corrected chi connectivity index (χ0v) is 12.9. The molecule has 5 N–H and O–H groups in total. The molecule has 2 fully saturated rings. The Morgan fingerprint density at radius 2 is 2.13 bits per heavy atom. The van der Waals surface area contributed by atoms with Crippen LogP contribution in [0.2, 0.25) is 0 Å². The normalized spacial score (nSPS) is 30.0. The molecule has 1 saturated heterocycles. The van der Waals surface area contributed by atoms with Gasteiger partial charge in [-0.3, -0.25) is 14.9 Å². The fraction of sp³-hybridized carbons (Fsp3) is 0.438. The molecule has 1 aromatic rings. The lowest BCUT2D eigenvalue weighted by Gasteiger charge is -2.22. The molecule has 23 heavy (non-hydrogen) atoms. The predicted molar refractivity (Wildman–Crippen MR) is 84.4 cm³/mol. The number of amides is 4. The van der Waals surface area contributed by atoms with Crippen molar-refractivity contribution >= 4 is 23.5 Å². The van der Waals surface area contributed by atoms with Crippen LogP contribution in [0.5, 0.6) is 0 Å². The van der Waals surface area contributed by atoms with Gasteiger partial charge >= 0.3 is 6.03 Å². The van der Waals surface area contributed by atoms with Gasteiger partial charge in [-0.1, -0.05) is 12.1 Å². The Balaban J connectivity index is 1.77. The first-order chi connectivity index (χ1) is 10.9. The monoisotopic (exact) mass is 316 g/mol. The first-order valence-corrected chi connectivity index (χ1v) is 7.69. The molecule has 0 spiro atoms. The number of nitrogens with two attached hydrogens (primary N) is 1. The highest BCUT2D eigenvalue weighted by molar-refractivity contribution is 6.07. The minimum Gasteiger partial charge on any atom is -0.328 e. The lowest BCUT2D eigenvalue weighted by Crippen LogP contribution is -2.40. The standard InChI is InChI=1S/C16H20N4O3/c1-16(14(22)19-15(23)20-16)10-3-2-4-12(8-10)18-13(21)9-5-6-11(17)7-9/h2-4,8-9,11H,5-7,17H2,1H3,(H,18,21)(H2,19,20,22,23). The van der Waals surface area contributed by atoms with E-state index in [1.165, 1.54) is 0 Å². The van der Waals surface area contributed by atoms with Crippen LogP contribution in [-0.2, 0) is 15.1 Å². The van der Waals surface area contributed by atoms with Crippen molar-refractivity contribution in [3.05, 3.63) is 29.8 Å². The van der Waals surface area contributed by atoms with Crippen molar-refractivity contribution in [3.63, 3.8) is 0 Å². The molecule has 1 saturated carbocycles. The van der Waals surface area contributed by atoms with Crippen molar-refractivity contribution in [2.75, 3.05) is 5.32 Å². The number of carbonyl (C=O) groups is 3. The maximum absolute atomic E-state index is 12.3. The Hall–Kier alpha value is -2.41. The molecule has 0 bridgehead atoms. The lowest BCUT2D eigenvalue weighted by atomic mass is 9.92. The Morgan fingerprint density at radius 1 is 1.35 bits per heavy atom. The highest BCUT2D eigenvalue weighted by atomic mass is 16.2. The second-order valence-corrected chi connectivity index (χ2v) is 6.37. The van der Waals surface area contributed by atoms with Gasteiger partial charge in [-0.15, -0.1) is 0 Å². The molecule has 7 nitrogen and oxygen atoms in total. The highest BCUT2D eigenvalue weighted by Gasteiger charge is 2.43. The van der Waals surface area contributed by atoms with Gasteiger partial charge in [0.1, 0.15) is 5.54 Å². The van der Waals surface area contributed by atoms with Crippen molar-refractivity contribution in [2.45, 2.75) is 37.8 Å². The summed E-state index contributed by atoms with van der Waals surface area (Å²) in [5, 5.41) is 7.71. The number of hydrogen-bond donors (Lipinski definition) is 4. The lowest BCUT2D eigenvalue weighted by molar-refractivity contribution is -0.123. The molecule has 2 aliphatic rings. The summed E-state index contributed by atoms with van der Waals surface area (Å²) in [6, 6.07) is 6.52. The predicted octanol–water partition coefficient (Wildman–Crippen LogP) is 0.807. The summed E-state index contributed by atoms with van der Waals surface area (Å²) in [6.45, 7) is 1.63. The number of urea groups is 1. The third-order valence-corrected chi connectivity index (χ3v) is 4.60. The van der Waals surface area contributed by atoms with Crippen molar-refractivity contribution in [3.8, 4) is 0 Å². The van der Waals surface area contributed by atoms with Gasteiger partial charge in [0.15, 0.2) is 0 Å². The zero-order chi connectivity index (χ0) is 16.6. The average Bonchev–Trinajstić information content (AvgIpc) is 3.04. The summed E-state index contributed by atoms with van der Waals surface area (Å²) in [5.41, 5.74) is 5.93. The number of imide groups is 1. The van der Waals surface area contributed by atoms with Crippen molar-refractivity contribution in [2.24, 2.45) is 11.7 Å². The quantitative estimate of drug-likeness (QED) is 0.618. The van der Waals surface area contributed by atoms with Gasteiger partial charge in [0.2, 0.25) is 5.91 Å². The van der Waals surface area contributed by atoms with Gasteiger partial charge < -0.3 is 16.4 Å². The summed E-state index contributed by atoms with van der Waals surface area (Å²) in [5.74, 6) is -0.536. The van der Waals surface area contributed by atoms with E-state index in [9.17, 15) is 14.4 Å². The molecule has 3 rings (SSSR count). The van der Waals surface area contributed by atoms with Crippen molar-refractivity contribution < 1.29 is 14.4 Å². The van der Waals surface area contributed by atoms with Crippen molar-refractivity contribution in [1.29, 1.82) is 0 Å². The molecule has 1 aromatic carbocycles. The molecule has 1 aliphatic heterocycles. The second-order valence-electron chi connectivity index (χ2n) is 6.37. The molecule has 7 heteroatoms. The van der Waals surface area contributed by atoms with E-state index in [1.807, 2.05) is 0 Å². The second kappa shape index (κ2) is 5.66. The molecule has 122 valence electrons. The van der Waals surface area contributed by atoms with Crippen LogP contribution in [0.25, 0.3) is 0 Å². The Kier molecular flexibility index (Phi) is 3.81. The summed E-state index contributed by atoms with van der Waals surface area (Å²) >= 11 is 0. The molecule has 1 heterocycles. The molecule has 3 unspecified atom stereocenters. The number of rotatable bonds is 3. The Bertz CT molecular complexity index is 675. The first kappa shape index (κ1) is 15.5. The number of nitrogens with one attached hydrogen (secondary N) is 3. The van der Waals surface area contributed by atoms with Crippen LogP contribution < -0.4 is 21.7 Å². The van der Waals surface area contributed by atoms with E-state index >= 15 is 0 Å². The maximum Gasteiger partial charge on any atom is 0.322 e. The SMILES string of the molecule is CC1(c2cccc(NC(=O)C3CCC(N)C3)c2)NC(=O)NC1=O. The minimum absolute atomic E-state index is 0.0554. The van der Waals surface area contributed by atoms with E-state index in [0.29, 0.717) is 17.7 Å². The number of hydrogen-bond acceptors (Lipinski definition) is 4. The average molecular weight is 316 g/mol. The number of benzene rings is 1. The molecule has 3 atom stereocenters. The molecule has 0 aromatic heterocycles. The smallest absolute Gasteiger partial charge is 0.322 e. The van der Waals surface area contributed by atoms with Crippen LogP contribution in [-0.4, -0.2) is 23.9 Å². The van der Waals surface area contributed by atoms with Gasteiger partial charge in [0, 0.05) is 17.6 Å². The minimum atomic E-state index is -1.13. The maximum atomic E-state index is 12.3. The van der Waals surface area contributed by atoms with E-state index in [0.717, 1.165) is 12.8 Å². The molecule has 1 aliphatic carbocycles. The van der Waals surface area contributed by atoms with Gasteiger partial charge in [0.05, 0.1) is 0 Å². The third kappa shape index (κ3) is 2.92. The van der Waals surface area contributed by atoms with Crippen LogP contribution in [0, 0.1) is 5.92 Å². The fourth-order valence-corrected chi connectivity index (χ4v) is 3.15. The van der Waals surface area contributed by atoms with Crippen LogP contribution in [0.4, 0.5) is 10.5 Å². The Morgan fingerprint density at radius 3 is 2.74 bits per heavy atom. The summed E-state index contributed by atoms with van der Waals surface area (Å²) in [7, 11) is 0. The van der Waals surface area contributed by atoms with Crippen LogP contribution in [0.15, 0.2) is 24.3 Å². The van der Waals surface area contributed by atoms with Gasteiger partial charge in [0.25, 0.3) is 5.91 Å². The largest absolute Gasteiger partial charge is 0.328 e. The van der Waals surface area contributed by atoms with Gasteiger partial charge in [-0.05, 0) is 43.9 Å². The van der Waals surface area contributed by atoms with Crippen LogP contribution >= 0.6 is 0 Å². The van der Waals surface area contributed by atoms with Gasteiger partial charge in [-0.25, -0.2) is 4.79 Å². The van der Waals surface area contributed by atoms with E-state index in [-0.39, 0.29) is 17.9 Å². The summed E-state index contributed by atoms with van der Waals surface area (Å²) in [6.07, 6.45) is 2.35. The fourth-order valence-electron chi connectivity index (χ4n) is 3.15. The highest BCUT2D eigenvalue weighted by Crippen LogP contribution is 2.28. The number of anilines is 1. The molecule has 4 amide bonds. The van der Waals surface area contributed by atoms with Crippen LogP contribution in [0.1, 0.15) is 31.7 Å². The van der Waals surface area contributed by atoms with E-state index in [1.54, 1.807) is 31.2 Å². The summed E-state index contributed by atoms with van der Waals surface area (Å²) in [4.78, 5) is 35.6. The van der Waals surface area contributed by atoms with E-state index in [4.69, 9.17) is 5.73 Å². The van der Waals surface area contributed by atoms with Gasteiger partial charge in [-0.2, -0.15) is 0 Å². The topological polar surface area (TPSA) is 113 Å². The third-order valence-electron chi connectivity index (χ3n) is 4.60. The Labute approximate surface area is 134 Å². The zero-order valence-electron chi connectivity index (χ0n) is 12.9. The van der Waals surface area contributed by atoms with E-state index < -0.39 is 17.5 Å².